The van der Waals surface area contributed by atoms with Gasteiger partial charge in [-0.05, 0) is 70.1 Å². The van der Waals surface area contributed by atoms with Crippen molar-refractivity contribution in [3.63, 3.8) is 0 Å². The van der Waals surface area contributed by atoms with Crippen LogP contribution in [0.2, 0.25) is 0 Å². The number of H-pyrrole nitrogens is 1. The van der Waals surface area contributed by atoms with E-state index in [9.17, 15) is 4.79 Å². The van der Waals surface area contributed by atoms with E-state index in [0.717, 1.165) is 40.8 Å². The van der Waals surface area contributed by atoms with Crippen LogP contribution in [0.5, 0.6) is 0 Å². The predicted molar refractivity (Wildman–Crippen MR) is 108 cm³/mol. The Kier molecular flexibility index (Phi) is 4.78. The molecule has 144 valence electrons. The minimum absolute atomic E-state index is 0.0504. The quantitative estimate of drug-likeness (QED) is 0.663. The van der Waals surface area contributed by atoms with E-state index in [0.29, 0.717) is 5.92 Å². The van der Waals surface area contributed by atoms with Crippen LogP contribution in [0.3, 0.4) is 0 Å². The Labute approximate surface area is 168 Å². The number of benzene rings is 1. The summed E-state index contributed by atoms with van der Waals surface area (Å²) in [6, 6.07) is 8.36. The summed E-state index contributed by atoms with van der Waals surface area (Å²) in [6.45, 7) is 5.75. The van der Waals surface area contributed by atoms with Crippen molar-refractivity contribution < 1.29 is 9.53 Å². The standard InChI is InChI=1S/C21H26BrN3O2/c1-21(2,3)27-20(26)25-17-10-6-14(17)7-11-18(25)19-23-12-16(24-19)13-4-8-15(22)9-5-13/h4-5,8-9,12,14,17-18H,6-7,10-11H2,1-3H3,(H,23,24). The molecule has 4 rings (SSSR count). The highest BCUT2D eigenvalue weighted by molar-refractivity contribution is 9.10. The lowest BCUT2D eigenvalue weighted by Gasteiger charge is -2.51. The van der Waals surface area contributed by atoms with Crippen molar-refractivity contribution in [3.8, 4) is 11.3 Å². The highest BCUT2D eigenvalue weighted by Crippen LogP contribution is 2.46. The molecule has 2 aromatic rings. The van der Waals surface area contributed by atoms with Gasteiger partial charge in [-0.1, -0.05) is 28.1 Å². The number of aromatic nitrogens is 2. The van der Waals surface area contributed by atoms with Gasteiger partial charge in [0.05, 0.1) is 17.9 Å². The molecule has 1 aromatic heterocycles. The Morgan fingerprint density at radius 1 is 1.19 bits per heavy atom. The van der Waals surface area contributed by atoms with E-state index >= 15 is 0 Å². The van der Waals surface area contributed by atoms with E-state index in [1.165, 1.54) is 6.42 Å². The third-order valence-electron chi connectivity index (χ3n) is 5.55. The molecule has 0 bridgehead atoms. The van der Waals surface area contributed by atoms with Crippen LogP contribution in [-0.4, -0.2) is 32.6 Å². The van der Waals surface area contributed by atoms with Crippen LogP contribution in [0.1, 0.15) is 58.3 Å². The molecule has 1 amide bonds. The highest BCUT2D eigenvalue weighted by Gasteiger charge is 2.47. The fourth-order valence-electron chi connectivity index (χ4n) is 4.12. The van der Waals surface area contributed by atoms with Gasteiger partial charge >= 0.3 is 6.09 Å². The maximum atomic E-state index is 13.0. The fourth-order valence-corrected chi connectivity index (χ4v) is 4.39. The number of carbonyl (C=O) groups is 1. The van der Waals surface area contributed by atoms with Gasteiger partial charge in [-0.3, -0.25) is 4.90 Å². The number of fused-ring (bicyclic) bond motifs is 1. The average Bonchev–Trinajstić information content (AvgIpc) is 3.04. The van der Waals surface area contributed by atoms with Crippen LogP contribution < -0.4 is 0 Å². The molecule has 1 aliphatic carbocycles. The van der Waals surface area contributed by atoms with Gasteiger partial charge in [0.2, 0.25) is 0 Å². The summed E-state index contributed by atoms with van der Waals surface area (Å²) < 4.78 is 6.77. The SMILES string of the molecule is CC(C)(C)OC(=O)N1C(c2ncc(-c3ccc(Br)cc3)[nH]2)CCC2CCC21. The molecule has 1 saturated carbocycles. The molecular formula is C21H26BrN3O2. The summed E-state index contributed by atoms with van der Waals surface area (Å²) in [5, 5.41) is 0. The Morgan fingerprint density at radius 3 is 2.52 bits per heavy atom. The first-order valence-corrected chi connectivity index (χ1v) is 10.4. The molecule has 2 heterocycles. The van der Waals surface area contributed by atoms with Gasteiger partial charge in [-0.15, -0.1) is 0 Å². The highest BCUT2D eigenvalue weighted by atomic mass is 79.9. The molecular weight excluding hydrogens is 406 g/mol. The van der Waals surface area contributed by atoms with Crippen molar-refractivity contribution in [2.45, 2.75) is 64.1 Å². The molecule has 0 spiro atoms. The van der Waals surface area contributed by atoms with Crippen LogP contribution in [0.4, 0.5) is 4.79 Å². The maximum absolute atomic E-state index is 13.0. The van der Waals surface area contributed by atoms with E-state index in [-0.39, 0.29) is 18.2 Å². The second-order valence-electron chi connectivity index (χ2n) is 8.57. The first-order valence-electron chi connectivity index (χ1n) is 9.64. The summed E-state index contributed by atoms with van der Waals surface area (Å²) >= 11 is 3.47. The van der Waals surface area contributed by atoms with Gasteiger partial charge in [-0.2, -0.15) is 0 Å². The summed E-state index contributed by atoms with van der Waals surface area (Å²) in [5.74, 6) is 1.46. The number of likely N-dealkylation sites (tertiary alicyclic amines) is 1. The van der Waals surface area contributed by atoms with E-state index in [4.69, 9.17) is 4.74 Å². The normalized spacial score (nSPS) is 24.9. The lowest BCUT2D eigenvalue weighted by molar-refractivity contribution is -0.0471. The van der Waals surface area contributed by atoms with Crippen molar-refractivity contribution in [1.29, 1.82) is 0 Å². The molecule has 1 saturated heterocycles. The Bertz CT molecular complexity index is 825. The first-order chi connectivity index (χ1) is 12.8. The lowest BCUT2D eigenvalue weighted by atomic mass is 9.71. The van der Waals surface area contributed by atoms with Crippen LogP contribution in [0.15, 0.2) is 34.9 Å². The molecule has 2 fully saturated rings. The van der Waals surface area contributed by atoms with E-state index in [2.05, 4.69) is 38.0 Å². The second kappa shape index (κ2) is 6.97. The summed E-state index contributed by atoms with van der Waals surface area (Å²) in [7, 11) is 0. The summed E-state index contributed by atoms with van der Waals surface area (Å²) in [4.78, 5) is 23.0. The molecule has 0 radical (unpaired) electrons. The van der Waals surface area contributed by atoms with E-state index < -0.39 is 5.60 Å². The molecule has 1 aromatic carbocycles. The smallest absolute Gasteiger partial charge is 0.411 e. The Balaban J connectivity index is 1.60. The molecule has 1 aliphatic heterocycles. The number of rotatable bonds is 2. The molecule has 5 nitrogen and oxygen atoms in total. The minimum atomic E-state index is -0.496. The van der Waals surface area contributed by atoms with Crippen LogP contribution in [0, 0.1) is 5.92 Å². The van der Waals surface area contributed by atoms with Crippen molar-refractivity contribution in [1.82, 2.24) is 14.9 Å². The zero-order valence-corrected chi connectivity index (χ0v) is 17.6. The number of nitrogens with zero attached hydrogens (tertiary/aromatic N) is 2. The molecule has 2 aliphatic rings. The lowest BCUT2D eigenvalue weighted by Crippen LogP contribution is -2.55. The van der Waals surface area contributed by atoms with Crippen molar-refractivity contribution >= 4 is 22.0 Å². The Morgan fingerprint density at radius 2 is 1.89 bits per heavy atom. The Hall–Kier alpha value is -1.82. The third-order valence-corrected chi connectivity index (χ3v) is 6.08. The van der Waals surface area contributed by atoms with Gasteiger partial charge in [0, 0.05) is 10.5 Å². The number of piperidine rings is 1. The molecule has 3 atom stereocenters. The van der Waals surface area contributed by atoms with Gasteiger partial charge in [0.1, 0.15) is 11.4 Å². The number of hydrogen-bond acceptors (Lipinski definition) is 3. The zero-order chi connectivity index (χ0) is 19.2. The van der Waals surface area contributed by atoms with Crippen LogP contribution >= 0.6 is 15.9 Å². The number of aromatic amines is 1. The predicted octanol–water partition coefficient (Wildman–Crippen LogP) is 5.69. The number of amides is 1. The third kappa shape index (κ3) is 3.77. The fraction of sp³-hybridized carbons (Fsp3) is 0.524. The zero-order valence-electron chi connectivity index (χ0n) is 16.0. The van der Waals surface area contributed by atoms with Gasteiger partial charge in [0.15, 0.2) is 0 Å². The van der Waals surface area contributed by atoms with Crippen molar-refractivity contribution in [3.05, 3.63) is 40.8 Å². The van der Waals surface area contributed by atoms with Crippen LogP contribution in [0.25, 0.3) is 11.3 Å². The van der Waals surface area contributed by atoms with Gasteiger partial charge in [0.25, 0.3) is 0 Å². The number of nitrogens with one attached hydrogen (secondary N) is 1. The number of hydrogen-bond donors (Lipinski definition) is 1. The maximum Gasteiger partial charge on any atom is 0.411 e. The number of halogens is 1. The van der Waals surface area contributed by atoms with E-state index in [1.807, 2.05) is 44.0 Å². The topological polar surface area (TPSA) is 58.2 Å². The first kappa shape index (κ1) is 18.5. The van der Waals surface area contributed by atoms with E-state index in [1.54, 1.807) is 0 Å². The monoisotopic (exact) mass is 431 g/mol. The number of carbonyl (C=O) groups excluding carboxylic acids is 1. The second-order valence-corrected chi connectivity index (χ2v) is 9.49. The molecule has 6 heteroatoms. The molecule has 3 unspecified atom stereocenters. The van der Waals surface area contributed by atoms with Crippen molar-refractivity contribution in [2.24, 2.45) is 5.92 Å². The number of ether oxygens (including phenoxy) is 1. The molecule has 1 N–H and O–H groups in total. The number of imidazole rings is 1. The van der Waals surface area contributed by atoms with Crippen molar-refractivity contribution in [2.75, 3.05) is 0 Å². The van der Waals surface area contributed by atoms with Gasteiger partial charge < -0.3 is 9.72 Å². The summed E-state index contributed by atoms with van der Waals surface area (Å²) in [6.07, 6.45) is 5.97. The average molecular weight is 432 g/mol. The largest absolute Gasteiger partial charge is 0.444 e. The van der Waals surface area contributed by atoms with Crippen LogP contribution in [-0.2, 0) is 4.74 Å². The summed E-state index contributed by atoms with van der Waals surface area (Å²) in [5.41, 5.74) is 1.56. The molecule has 27 heavy (non-hydrogen) atoms. The van der Waals surface area contributed by atoms with Gasteiger partial charge in [-0.25, -0.2) is 9.78 Å². The minimum Gasteiger partial charge on any atom is -0.444 e.